The van der Waals surface area contributed by atoms with Crippen LogP contribution in [0.4, 0.5) is 0 Å². The SMILES string of the molecule is CC1(C)c2cc3cscc3cc2C(C)(C)C(C)(C)C1(C)C. The van der Waals surface area contributed by atoms with Crippen molar-refractivity contribution in [1.29, 1.82) is 0 Å². The van der Waals surface area contributed by atoms with Crippen LogP contribution >= 0.6 is 11.3 Å². The van der Waals surface area contributed by atoms with Crippen LogP contribution in [0.3, 0.4) is 0 Å². The molecule has 0 aliphatic heterocycles. The molecule has 3 rings (SSSR count). The zero-order valence-corrected chi connectivity index (χ0v) is 15.5. The Morgan fingerprint density at radius 2 is 0.952 bits per heavy atom. The maximum atomic E-state index is 2.46. The van der Waals surface area contributed by atoms with Gasteiger partial charge in [0.05, 0.1) is 0 Å². The second-order valence-electron chi connectivity index (χ2n) is 8.90. The van der Waals surface area contributed by atoms with Crippen molar-refractivity contribution in [2.45, 2.75) is 66.2 Å². The maximum Gasteiger partial charge on any atom is -0.00144 e. The molecule has 0 spiro atoms. The molecule has 0 saturated carbocycles. The topological polar surface area (TPSA) is 0 Å². The Labute approximate surface area is 133 Å². The van der Waals surface area contributed by atoms with Crippen LogP contribution in [0.15, 0.2) is 22.9 Å². The van der Waals surface area contributed by atoms with E-state index in [0.717, 1.165) is 0 Å². The minimum atomic E-state index is 0.164. The monoisotopic (exact) mass is 300 g/mol. The highest BCUT2D eigenvalue weighted by Crippen LogP contribution is 2.65. The predicted molar refractivity (Wildman–Crippen MR) is 95.4 cm³/mol. The molecule has 1 heteroatoms. The van der Waals surface area contributed by atoms with Crippen LogP contribution in [0.25, 0.3) is 10.8 Å². The summed E-state index contributed by atoms with van der Waals surface area (Å²) in [6, 6.07) is 4.92. The van der Waals surface area contributed by atoms with Crippen molar-refractivity contribution in [2.24, 2.45) is 10.8 Å². The minimum absolute atomic E-state index is 0.164. The highest BCUT2D eigenvalue weighted by Gasteiger charge is 2.60. The van der Waals surface area contributed by atoms with Gasteiger partial charge in [-0.2, -0.15) is 11.3 Å². The molecule has 114 valence electrons. The van der Waals surface area contributed by atoms with E-state index < -0.39 is 0 Å². The molecule has 0 N–H and O–H groups in total. The molecule has 0 atom stereocenters. The van der Waals surface area contributed by atoms with Crippen molar-refractivity contribution in [3.63, 3.8) is 0 Å². The van der Waals surface area contributed by atoms with Gasteiger partial charge in [-0.05, 0) is 66.5 Å². The van der Waals surface area contributed by atoms with E-state index in [1.165, 1.54) is 10.8 Å². The van der Waals surface area contributed by atoms with Crippen LogP contribution in [-0.4, -0.2) is 0 Å². The van der Waals surface area contributed by atoms with Crippen molar-refractivity contribution in [1.82, 2.24) is 0 Å². The van der Waals surface area contributed by atoms with Gasteiger partial charge >= 0.3 is 0 Å². The Bertz CT molecular complexity index is 651. The van der Waals surface area contributed by atoms with Crippen LogP contribution in [0.1, 0.15) is 66.5 Å². The molecular weight excluding hydrogens is 272 g/mol. The third kappa shape index (κ3) is 1.56. The molecule has 1 aromatic heterocycles. The molecule has 1 aliphatic rings. The lowest BCUT2D eigenvalue weighted by atomic mass is 9.40. The molecule has 2 aromatic rings. The van der Waals surface area contributed by atoms with E-state index in [4.69, 9.17) is 0 Å². The fourth-order valence-electron chi connectivity index (χ4n) is 4.29. The molecule has 0 fully saturated rings. The van der Waals surface area contributed by atoms with E-state index >= 15 is 0 Å². The van der Waals surface area contributed by atoms with Crippen molar-refractivity contribution < 1.29 is 0 Å². The summed E-state index contributed by atoms with van der Waals surface area (Å²) in [6.07, 6.45) is 0. The van der Waals surface area contributed by atoms with Gasteiger partial charge in [-0.1, -0.05) is 55.4 Å². The van der Waals surface area contributed by atoms with E-state index in [0.29, 0.717) is 0 Å². The summed E-state index contributed by atoms with van der Waals surface area (Å²) >= 11 is 1.81. The summed E-state index contributed by atoms with van der Waals surface area (Å²) in [6.45, 7) is 19.5. The fraction of sp³-hybridized carbons (Fsp3) is 0.600. The number of hydrogen-bond acceptors (Lipinski definition) is 1. The van der Waals surface area contributed by atoms with E-state index in [1.54, 1.807) is 11.1 Å². The van der Waals surface area contributed by atoms with Gasteiger partial charge in [0, 0.05) is 0 Å². The van der Waals surface area contributed by atoms with Gasteiger partial charge in [-0.25, -0.2) is 0 Å². The number of rotatable bonds is 0. The first-order chi connectivity index (χ1) is 9.44. The third-order valence-electron chi connectivity index (χ3n) is 7.65. The van der Waals surface area contributed by atoms with E-state index in [-0.39, 0.29) is 21.7 Å². The zero-order valence-electron chi connectivity index (χ0n) is 14.7. The molecule has 1 aliphatic carbocycles. The van der Waals surface area contributed by atoms with Crippen LogP contribution in [0.2, 0.25) is 0 Å². The predicted octanol–water partition coefficient (Wildman–Crippen LogP) is 6.52. The quantitative estimate of drug-likeness (QED) is 0.519. The smallest absolute Gasteiger partial charge is 0.00144 e. The number of hydrogen-bond donors (Lipinski definition) is 0. The first-order valence-electron chi connectivity index (χ1n) is 7.95. The summed E-state index contributed by atoms with van der Waals surface area (Å²) in [5, 5.41) is 7.37. The minimum Gasteiger partial charge on any atom is -0.151 e. The molecule has 21 heavy (non-hydrogen) atoms. The Kier molecular flexibility index (Phi) is 2.82. The van der Waals surface area contributed by atoms with Crippen molar-refractivity contribution in [3.8, 4) is 0 Å². The lowest BCUT2D eigenvalue weighted by molar-refractivity contribution is -0.0439. The normalized spacial score (nSPS) is 24.8. The summed E-state index contributed by atoms with van der Waals surface area (Å²) in [4.78, 5) is 0. The van der Waals surface area contributed by atoms with Gasteiger partial charge in [-0.3, -0.25) is 0 Å². The highest BCUT2D eigenvalue weighted by molar-refractivity contribution is 7.09. The first-order valence-corrected chi connectivity index (χ1v) is 8.90. The average molecular weight is 301 g/mol. The molecular formula is C20H28S. The van der Waals surface area contributed by atoms with E-state index in [2.05, 4.69) is 78.3 Å². The van der Waals surface area contributed by atoms with E-state index in [9.17, 15) is 0 Å². The van der Waals surface area contributed by atoms with Gasteiger partial charge in [0.15, 0.2) is 0 Å². The second-order valence-corrected chi connectivity index (χ2v) is 9.64. The fourth-order valence-corrected chi connectivity index (χ4v) is 5.06. The lowest BCUT2D eigenvalue weighted by Crippen LogP contribution is -2.59. The zero-order chi connectivity index (χ0) is 15.8. The Balaban J connectivity index is 2.46. The third-order valence-corrected chi connectivity index (χ3v) is 8.43. The van der Waals surface area contributed by atoms with Crippen LogP contribution in [0, 0.1) is 10.8 Å². The van der Waals surface area contributed by atoms with Crippen LogP contribution < -0.4 is 0 Å². The standard InChI is InChI=1S/C20H28S/c1-17(2)15-9-13-11-21-12-14(13)10-16(15)18(3,4)20(7,8)19(17,5)6/h9-12H,1-8H3. The molecule has 0 radical (unpaired) electrons. The molecule has 1 aromatic carbocycles. The highest BCUT2D eigenvalue weighted by atomic mass is 32.1. The van der Waals surface area contributed by atoms with Crippen molar-refractivity contribution in [2.75, 3.05) is 0 Å². The summed E-state index contributed by atoms with van der Waals surface area (Å²) < 4.78 is 0. The van der Waals surface area contributed by atoms with Gasteiger partial charge in [0.25, 0.3) is 0 Å². The number of benzene rings is 1. The average Bonchev–Trinajstić information content (AvgIpc) is 2.82. The molecule has 0 amide bonds. The van der Waals surface area contributed by atoms with Crippen LogP contribution in [-0.2, 0) is 10.8 Å². The summed E-state index contributed by atoms with van der Waals surface area (Å²) in [5.41, 5.74) is 3.86. The maximum absolute atomic E-state index is 2.46. The second kappa shape index (κ2) is 3.93. The molecule has 1 heterocycles. The van der Waals surface area contributed by atoms with Crippen LogP contribution in [0.5, 0.6) is 0 Å². The van der Waals surface area contributed by atoms with Gasteiger partial charge in [-0.15, -0.1) is 0 Å². The Morgan fingerprint density at radius 1 is 0.619 bits per heavy atom. The van der Waals surface area contributed by atoms with Gasteiger partial charge in [0.1, 0.15) is 0 Å². The summed E-state index contributed by atoms with van der Waals surface area (Å²) in [7, 11) is 0. The molecule has 0 saturated heterocycles. The van der Waals surface area contributed by atoms with Gasteiger partial charge < -0.3 is 0 Å². The van der Waals surface area contributed by atoms with E-state index in [1.807, 2.05) is 11.3 Å². The Morgan fingerprint density at radius 3 is 1.29 bits per heavy atom. The number of fused-ring (bicyclic) bond motifs is 2. The summed E-state index contributed by atoms with van der Waals surface area (Å²) in [5.74, 6) is 0. The molecule has 0 bridgehead atoms. The first kappa shape index (κ1) is 15.1. The van der Waals surface area contributed by atoms with Gasteiger partial charge in [0.2, 0.25) is 0 Å². The number of thiophene rings is 1. The van der Waals surface area contributed by atoms with Crippen molar-refractivity contribution >= 4 is 22.1 Å². The lowest BCUT2D eigenvalue weighted by Gasteiger charge is -2.64. The molecule has 0 unspecified atom stereocenters. The largest absolute Gasteiger partial charge is 0.151 e. The molecule has 0 nitrogen and oxygen atoms in total. The Hall–Kier alpha value is -0.820. The van der Waals surface area contributed by atoms with Crippen molar-refractivity contribution in [3.05, 3.63) is 34.0 Å².